The van der Waals surface area contributed by atoms with Gasteiger partial charge in [0.05, 0.1) is 18.3 Å². The lowest BCUT2D eigenvalue weighted by molar-refractivity contribution is -0.0581. The van der Waals surface area contributed by atoms with Crippen LogP contribution >= 0.6 is 0 Å². The molecular weight excluding hydrogens is 299 g/mol. The maximum absolute atomic E-state index is 13.0. The van der Waals surface area contributed by atoms with Crippen molar-refractivity contribution in [3.63, 3.8) is 0 Å². The monoisotopic (exact) mass is 320 g/mol. The lowest BCUT2D eigenvalue weighted by atomic mass is 10.1. The molecule has 5 nitrogen and oxygen atoms in total. The highest BCUT2D eigenvalue weighted by molar-refractivity contribution is 5.97. The fourth-order valence-electron chi connectivity index (χ4n) is 3.72. The summed E-state index contributed by atoms with van der Waals surface area (Å²) in [5.74, 6) is -0.511. The van der Waals surface area contributed by atoms with Crippen molar-refractivity contribution in [1.82, 2.24) is 10.2 Å². The highest BCUT2D eigenvalue weighted by atomic mass is 19.1. The molecule has 124 valence electrons. The van der Waals surface area contributed by atoms with Crippen LogP contribution in [0.4, 0.5) is 4.39 Å². The summed E-state index contributed by atoms with van der Waals surface area (Å²) < 4.78 is 19.0. The zero-order chi connectivity index (χ0) is 16.0. The number of aromatic hydroxyl groups is 1. The second kappa shape index (κ2) is 5.76. The van der Waals surface area contributed by atoms with Crippen LogP contribution in [0.2, 0.25) is 0 Å². The van der Waals surface area contributed by atoms with Crippen LogP contribution in [0, 0.1) is 11.7 Å². The molecule has 1 aromatic carbocycles. The molecule has 2 N–H and O–H groups in total. The number of phenols is 1. The largest absolute Gasteiger partial charge is 0.507 e. The Kier molecular flexibility index (Phi) is 3.73. The van der Waals surface area contributed by atoms with Gasteiger partial charge < -0.3 is 15.2 Å². The number of halogens is 1. The highest BCUT2D eigenvalue weighted by Gasteiger charge is 2.42. The molecule has 3 fully saturated rings. The van der Waals surface area contributed by atoms with Crippen molar-refractivity contribution in [1.29, 1.82) is 0 Å². The smallest absolute Gasteiger partial charge is 0.255 e. The average Bonchev–Trinajstić information content (AvgIpc) is 3.27. The first-order chi connectivity index (χ1) is 11.1. The van der Waals surface area contributed by atoms with E-state index in [4.69, 9.17) is 4.74 Å². The Balaban J connectivity index is 1.37. The van der Waals surface area contributed by atoms with E-state index in [0.717, 1.165) is 38.1 Å². The third-order valence-electron chi connectivity index (χ3n) is 5.13. The number of benzene rings is 1. The zero-order valence-electron chi connectivity index (χ0n) is 12.9. The number of amides is 1. The van der Waals surface area contributed by atoms with Crippen molar-refractivity contribution < 1.29 is 19.0 Å². The van der Waals surface area contributed by atoms with Gasteiger partial charge in [-0.1, -0.05) is 0 Å². The minimum absolute atomic E-state index is 0.0403. The van der Waals surface area contributed by atoms with Crippen LogP contribution in [0.1, 0.15) is 29.6 Å². The number of hydrogen-bond acceptors (Lipinski definition) is 4. The molecule has 1 aromatic rings. The van der Waals surface area contributed by atoms with Crippen molar-refractivity contribution in [2.75, 3.05) is 19.7 Å². The minimum atomic E-state index is -0.555. The number of rotatable bonds is 3. The summed E-state index contributed by atoms with van der Waals surface area (Å²) in [5.41, 5.74) is 0.114. The lowest BCUT2D eigenvalue weighted by Crippen LogP contribution is -2.47. The molecule has 1 aliphatic carbocycles. The molecule has 0 radical (unpaired) electrons. The molecule has 6 heteroatoms. The summed E-state index contributed by atoms with van der Waals surface area (Å²) in [6, 6.07) is 3.85. The van der Waals surface area contributed by atoms with Crippen LogP contribution < -0.4 is 5.32 Å². The summed E-state index contributed by atoms with van der Waals surface area (Å²) in [6.07, 6.45) is 3.74. The molecule has 0 spiro atoms. The first kappa shape index (κ1) is 14.9. The number of hydrogen-bond donors (Lipinski definition) is 2. The Morgan fingerprint density at radius 1 is 1.35 bits per heavy atom. The number of nitrogens with one attached hydrogen (secondary N) is 1. The van der Waals surface area contributed by atoms with Gasteiger partial charge >= 0.3 is 0 Å². The fraction of sp³-hybridized carbons (Fsp3) is 0.588. The molecule has 3 atom stereocenters. The van der Waals surface area contributed by atoms with Gasteiger partial charge in [-0.25, -0.2) is 4.39 Å². The average molecular weight is 320 g/mol. The van der Waals surface area contributed by atoms with E-state index in [1.807, 2.05) is 0 Å². The molecule has 1 saturated carbocycles. The van der Waals surface area contributed by atoms with Gasteiger partial charge in [-0.2, -0.15) is 0 Å². The van der Waals surface area contributed by atoms with Crippen molar-refractivity contribution in [2.24, 2.45) is 5.92 Å². The molecule has 2 aliphatic heterocycles. The Bertz CT molecular complexity index is 620. The Morgan fingerprint density at radius 3 is 2.91 bits per heavy atom. The molecule has 0 bridgehead atoms. The van der Waals surface area contributed by atoms with Crippen LogP contribution in [0.15, 0.2) is 18.2 Å². The van der Waals surface area contributed by atoms with Gasteiger partial charge in [0.1, 0.15) is 11.6 Å². The summed E-state index contributed by atoms with van der Waals surface area (Å²) in [5, 5.41) is 12.7. The van der Waals surface area contributed by atoms with E-state index >= 15 is 0 Å². The highest BCUT2D eigenvalue weighted by Crippen LogP contribution is 2.37. The molecule has 0 unspecified atom stereocenters. The standard InChI is InChI=1S/C17H21FN2O3/c18-11-3-4-14(15(21)5-11)17(22)19-12-6-13-9-23-16(10-1-2-10)8-20(13)7-12/h3-5,10,12-13,16,21H,1-2,6-9H2,(H,19,22)/t12-,13+,16-/m1/s1. The zero-order valence-corrected chi connectivity index (χ0v) is 12.9. The predicted molar refractivity (Wildman–Crippen MR) is 81.8 cm³/mol. The molecule has 0 aromatic heterocycles. The van der Waals surface area contributed by atoms with Gasteiger partial charge in [0.2, 0.25) is 0 Å². The summed E-state index contributed by atoms with van der Waals surface area (Å²) in [7, 11) is 0. The quantitative estimate of drug-likeness (QED) is 0.886. The number of carbonyl (C=O) groups excluding carboxylic acids is 1. The Morgan fingerprint density at radius 2 is 2.17 bits per heavy atom. The number of morpholine rings is 1. The van der Waals surface area contributed by atoms with Crippen LogP contribution in [-0.4, -0.2) is 53.8 Å². The molecule has 2 heterocycles. The maximum Gasteiger partial charge on any atom is 0.255 e. The van der Waals surface area contributed by atoms with Crippen molar-refractivity contribution >= 4 is 5.91 Å². The van der Waals surface area contributed by atoms with E-state index in [2.05, 4.69) is 10.2 Å². The molecule has 4 rings (SSSR count). The van der Waals surface area contributed by atoms with E-state index in [-0.39, 0.29) is 23.3 Å². The van der Waals surface area contributed by atoms with Crippen LogP contribution in [-0.2, 0) is 4.74 Å². The second-order valence-electron chi connectivity index (χ2n) is 6.88. The number of nitrogens with zero attached hydrogens (tertiary/aromatic N) is 1. The molecule has 2 saturated heterocycles. The fourth-order valence-corrected chi connectivity index (χ4v) is 3.72. The second-order valence-corrected chi connectivity index (χ2v) is 6.88. The number of carbonyl (C=O) groups is 1. The first-order valence-corrected chi connectivity index (χ1v) is 8.25. The molecule has 23 heavy (non-hydrogen) atoms. The van der Waals surface area contributed by atoms with Crippen molar-refractivity contribution in [2.45, 2.75) is 37.5 Å². The van der Waals surface area contributed by atoms with Crippen molar-refractivity contribution in [3.8, 4) is 5.75 Å². The third kappa shape index (κ3) is 3.05. The normalized spacial score (nSPS) is 30.9. The molecule has 1 amide bonds. The van der Waals surface area contributed by atoms with Gasteiger partial charge in [-0.15, -0.1) is 0 Å². The minimum Gasteiger partial charge on any atom is -0.507 e. The number of fused-ring (bicyclic) bond motifs is 1. The summed E-state index contributed by atoms with van der Waals surface area (Å²) in [4.78, 5) is 14.7. The van der Waals surface area contributed by atoms with Gasteiger partial charge in [-0.05, 0) is 37.3 Å². The molecular formula is C17H21FN2O3. The van der Waals surface area contributed by atoms with E-state index in [9.17, 15) is 14.3 Å². The number of phenolic OH excluding ortho intramolecular Hbond substituents is 1. The third-order valence-corrected chi connectivity index (χ3v) is 5.13. The van der Waals surface area contributed by atoms with E-state index in [1.54, 1.807) is 0 Å². The van der Waals surface area contributed by atoms with Gasteiger partial charge in [0.25, 0.3) is 5.91 Å². The lowest BCUT2D eigenvalue weighted by Gasteiger charge is -2.35. The topological polar surface area (TPSA) is 61.8 Å². The SMILES string of the molecule is O=C(N[C@@H]1C[C@H]2CO[C@@H](C3CC3)CN2C1)c1ccc(F)cc1O. The number of ether oxygens (including phenoxy) is 1. The summed E-state index contributed by atoms with van der Waals surface area (Å²) >= 11 is 0. The van der Waals surface area contributed by atoms with Crippen LogP contribution in [0.25, 0.3) is 0 Å². The Labute approximate surface area is 134 Å². The van der Waals surface area contributed by atoms with E-state index < -0.39 is 5.82 Å². The van der Waals surface area contributed by atoms with E-state index in [0.29, 0.717) is 12.1 Å². The van der Waals surface area contributed by atoms with Gasteiger partial charge in [0, 0.05) is 31.2 Å². The predicted octanol–water partition coefficient (Wildman–Crippen LogP) is 1.51. The maximum atomic E-state index is 13.0. The van der Waals surface area contributed by atoms with Crippen LogP contribution in [0.3, 0.4) is 0 Å². The van der Waals surface area contributed by atoms with Gasteiger partial charge in [0.15, 0.2) is 0 Å². The van der Waals surface area contributed by atoms with Crippen LogP contribution in [0.5, 0.6) is 5.75 Å². The Hall–Kier alpha value is -1.66. The van der Waals surface area contributed by atoms with E-state index in [1.165, 1.54) is 25.0 Å². The molecule has 3 aliphatic rings. The first-order valence-electron chi connectivity index (χ1n) is 8.25. The van der Waals surface area contributed by atoms with Crippen molar-refractivity contribution in [3.05, 3.63) is 29.6 Å². The summed E-state index contributed by atoms with van der Waals surface area (Å²) in [6.45, 7) is 2.49. The van der Waals surface area contributed by atoms with Gasteiger partial charge in [-0.3, -0.25) is 9.69 Å².